The summed E-state index contributed by atoms with van der Waals surface area (Å²) in [5.41, 5.74) is 1.50. The van der Waals surface area contributed by atoms with Crippen LogP contribution >= 0.6 is 0 Å². The first-order valence-corrected chi connectivity index (χ1v) is 10.8. The van der Waals surface area contributed by atoms with Crippen LogP contribution in [0.5, 0.6) is 0 Å². The van der Waals surface area contributed by atoms with Crippen LogP contribution < -0.4 is 4.90 Å². The molecule has 0 fully saturated rings. The summed E-state index contributed by atoms with van der Waals surface area (Å²) in [6.45, 7) is -0.698. The Bertz CT molecular complexity index is 1250. The first-order chi connectivity index (χ1) is 14.8. The van der Waals surface area contributed by atoms with E-state index in [2.05, 4.69) is 9.72 Å². The fourth-order valence-corrected chi connectivity index (χ4v) is 4.98. The Balaban J connectivity index is 1.84. The van der Waals surface area contributed by atoms with E-state index in [0.717, 1.165) is 4.31 Å². The zero-order valence-electron chi connectivity index (χ0n) is 16.9. The first-order valence-electron chi connectivity index (χ1n) is 9.40. The molecule has 3 aromatic rings. The van der Waals surface area contributed by atoms with Crippen molar-refractivity contribution >= 4 is 27.6 Å². The van der Waals surface area contributed by atoms with Gasteiger partial charge in [0, 0.05) is 12.7 Å². The van der Waals surface area contributed by atoms with E-state index in [9.17, 15) is 18.0 Å². The minimum Gasteiger partial charge on any atom is -0.468 e. The van der Waals surface area contributed by atoms with Gasteiger partial charge in [0.15, 0.2) is 5.69 Å². The second-order valence-corrected chi connectivity index (χ2v) is 8.83. The number of esters is 1. The van der Waals surface area contributed by atoms with Gasteiger partial charge in [-0.15, -0.1) is 0 Å². The third-order valence-corrected chi connectivity index (χ3v) is 6.96. The maximum atomic E-state index is 13.3. The van der Waals surface area contributed by atoms with Crippen molar-refractivity contribution in [2.45, 2.75) is 11.4 Å². The van der Waals surface area contributed by atoms with Gasteiger partial charge in [0.1, 0.15) is 17.8 Å². The van der Waals surface area contributed by atoms with Crippen LogP contribution in [0.4, 0.5) is 5.69 Å². The largest absolute Gasteiger partial charge is 0.468 e. The molecule has 0 saturated heterocycles. The van der Waals surface area contributed by atoms with E-state index in [1.54, 1.807) is 41.9 Å². The summed E-state index contributed by atoms with van der Waals surface area (Å²) in [4.78, 5) is 30.9. The molecule has 1 aliphatic heterocycles. The highest BCUT2D eigenvalue weighted by Crippen LogP contribution is 2.31. The molecule has 1 aromatic heterocycles. The van der Waals surface area contributed by atoms with E-state index >= 15 is 0 Å². The molecule has 0 radical (unpaired) electrons. The standard InChI is InChI=1S/C21H20N4O5S/c1-23(15-8-4-3-5-9-15)21(27)20-17-12-24(13-19(26)30-2)31(28,29)18-11-7-6-10-16(18)25(17)14-22-20/h3-11,14H,12-13H2,1-2H3. The summed E-state index contributed by atoms with van der Waals surface area (Å²) in [6, 6.07) is 15.4. The molecule has 0 N–H and O–H groups in total. The Morgan fingerprint density at radius 1 is 1.10 bits per heavy atom. The highest BCUT2D eigenvalue weighted by Gasteiger charge is 2.36. The number of hydrogen-bond acceptors (Lipinski definition) is 6. The molecule has 0 spiro atoms. The number of imidazole rings is 1. The smallest absolute Gasteiger partial charge is 0.321 e. The number of hydrogen-bond donors (Lipinski definition) is 0. The van der Waals surface area contributed by atoms with Crippen molar-refractivity contribution in [2.24, 2.45) is 0 Å². The lowest BCUT2D eigenvalue weighted by Crippen LogP contribution is -2.36. The summed E-state index contributed by atoms with van der Waals surface area (Å²) in [7, 11) is -1.21. The van der Waals surface area contributed by atoms with Gasteiger partial charge < -0.3 is 9.64 Å². The van der Waals surface area contributed by atoms with Crippen LogP contribution in [0.2, 0.25) is 0 Å². The van der Waals surface area contributed by atoms with Gasteiger partial charge in [0.05, 0.1) is 25.0 Å². The lowest BCUT2D eigenvalue weighted by atomic mass is 10.2. The molecule has 0 saturated carbocycles. The molecule has 4 rings (SSSR count). The number of sulfonamides is 1. The fourth-order valence-electron chi connectivity index (χ4n) is 3.45. The predicted octanol–water partition coefficient (Wildman–Crippen LogP) is 1.83. The molecular weight excluding hydrogens is 420 g/mol. The van der Waals surface area contributed by atoms with Gasteiger partial charge in [0.2, 0.25) is 10.0 Å². The number of carbonyl (C=O) groups is 2. The van der Waals surface area contributed by atoms with Crippen molar-refractivity contribution in [3.05, 3.63) is 72.3 Å². The maximum absolute atomic E-state index is 13.3. The molecule has 9 nitrogen and oxygen atoms in total. The number of carbonyl (C=O) groups excluding carboxylic acids is 2. The summed E-state index contributed by atoms with van der Waals surface area (Å²) >= 11 is 0. The fraction of sp³-hybridized carbons (Fsp3) is 0.190. The van der Waals surface area contributed by atoms with E-state index in [1.165, 1.54) is 24.4 Å². The average Bonchev–Trinajstić information content (AvgIpc) is 3.17. The van der Waals surface area contributed by atoms with Crippen LogP contribution in [0.25, 0.3) is 5.69 Å². The van der Waals surface area contributed by atoms with Crippen molar-refractivity contribution in [2.75, 3.05) is 25.6 Å². The topological polar surface area (TPSA) is 102 Å². The Hall–Kier alpha value is -3.50. The van der Waals surface area contributed by atoms with Gasteiger partial charge in [-0.25, -0.2) is 13.4 Å². The zero-order chi connectivity index (χ0) is 22.2. The molecule has 0 atom stereocenters. The summed E-state index contributed by atoms with van der Waals surface area (Å²) in [6.07, 6.45) is 1.43. The molecular formula is C21H20N4O5S. The number of rotatable bonds is 4. The number of ether oxygens (including phenoxy) is 1. The highest BCUT2D eigenvalue weighted by atomic mass is 32.2. The third-order valence-electron chi connectivity index (χ3n) is 5.12. The van der Waals surface area contributed by atoms with Crippen molar-refractivity contribution in [1.82, 2.24) is 13.9 Å². The minimum absolute atomic E-state index is 0.0190. The summed E-state index contributed by atoms with van der Waals surface area (Å²) in [5, 5.41) is 0. The number of para-hydroxylation sites is 2. The Morgan fingerprint density at radius 2 is 1.77 bits per heavy atom. The van der Waals surface area contributed by atoms with E-state index in [4.69, 9.17) is 0 Å². The van der Waals surface area contributed by atoms with Crippen LogP contribution in [0.3, 0.4) is 0 Å². The first kappa shape index (κ1) is 20.8. The normalized spacial score (nSPS) is 14.8. The summed E-state index contributed by atoms with van der Waals surface area (Å²) < 4.78 is 33.8. The van der Waals surface area contributed by atoms with Gasteiger partial charge in [-0.05, 0) is 24.3 Å². The molecule has 10 heteroatoms. The number of nitrogens with zero attached hydrogens (tertiary/aromatic N) is 4. The molecule has 2 heterocycles. The van der Waals surface area contributed by atoms with Gasteiger partial charge in [-0.1, -0.05) is 30.3 Å². The quantitative estimate of drug-likeness (QED) is 0.574. The van der Waals surface area contributed by atoms with Crippen molar-refractivity contribution < 1.29 is 22.7 Å². The highest BCUT2D eigenvalue weighted by molar-refractivity contribution is 7.89. The van der Waals surface area contributed by atoms with Crippen LogP contribution in [-0.4, -0.2) is 54.9 Å². The average molecular weight is 440 g/mol. The van der Waals surface area contributed by atoms with Crippen molar-refractivity contribution in [3.8, 4) is 5.69 Å². The Morgan fingerprint density at radius 3 is 2.48 bits per heavy atom. The predicted molar refractivity (Wildman–Crippen MR) is 112 cm³/mol. The van der Waals surface area contributed by atoms with E-state index in [1.807, 2.05) is 18.2 Å². The Labute approximate surface area is 179 Å². The zero-order valence-corrected chi connectivity index (χ0v) is 17.7. The number of fused-ring (bicyclic) bond motifs is 3. The number of anilines is 1. The van der Waals surface area contributed by atoms with E-state index in [0.29, 0.717) is 17.1 Å². The van der Waals surface area contributed by atoms with Crippen molar-refractivity contribution in [1.29, 1.82) is 0 Å². The number of benzene rings is 2. The number of amides is 1. The molecule has 1 aliphatic rings. The minimum atomic E-state index is -4.02. The van der Waals surface area contributed by atoms with Gasteiger partial charge in [0.25, 0.3) is 5.91 Å². The van der Waals surface area contributed by atoms with Crippen LogP contribution in [0.1, 0.15) is 16.2 Å². The SMILES string of the molecule is COC(=O)CN1Cc2c(C(=O)N(C)c3ccccc3)ncn2-c2ccccc2S1(=O)=O. The van der Waals surface area contributed by atoms with Gasteiger partial charge >= 0.3 is 5.97 Å². The molecule has 1 amide bonds. The van der Waals surface area contributed by atoms with Gasteiger partial charge in [-0.3, -0.25) is 14.2 Å². The van der Waals surface area contributed by atoms with Crippen LogP contribution in [-0.2, 0) is 26.1 Å². The maximum Gasteiger partial charge on any atom is 0.321 e. The van der Waals surface area contributed by atoms with Gasteiger partial charge in [-0.2, -0.15) is 4.31 Å². The molecule has 31 heavy (non-hydrogen) atoms. The Kier molecular flexibility index (Phi) is 5.34. The summed E-state index contributed by atoms with van der Waals surface area (Å²) in [5.74, 6) is -1.10. The second-order valence-electron chi connectivity index (χ2n) is 6.93. The lowest BCUT2D eigenvalue weighted by molar-refractivity contribution is -0.140. The molecule has 2 aromatic carbocycles. The molecule has 0 aliphatic carbocycles. The molecule has 0 bridgehead atoms. The number of aromatic nitrogens is 2. The van der Waals surface area contributed by atoms with E-state index in [-0.39, 0.29) is 17.1 Å². The second kappa shape index (κ2) is 7.97. The molecule has 0 unspecified atom stereocenters. The van der Waals surface area contributed by atoms with Crippen molar-refractivity contribution in [3.63, 3.8) is 0 Å². The lowest BCUT2D eigenvalue weighted by Gasteiger charge is -2.20. The van der Waals surface area contributed by atoms with Crippen LogP contribution in [0, 0.1) is 0 Å². The van der Waals surface area contributed by atoms with Crippen LogP contribution in [0.15, 0.2) is 65.8 Å². The van der Waals surface area contributed by atoms with E-state index < -0.39 is 28.4 Å². The molecule has 160 valence electrons. The number of methoxy groups -OCH3 is 1. The third kappa shape index (κ3) is 3.60. The monoisotopic (exact) mass is 440 g/mol.